The number of benzene rings is 1. The van der Waals surface area contributed by atoms with Crippen LogP contribution in [0, 0.1) is 6.92 Å². The molecule has 3 rings (SSSR count). The van der Waals surface area contributed by atoms with Gasteiger partial charge < -0.3 is 0 Å². The lowest BCUT2D eigenvalue weighted by molar-refractivity contribution is 1.12. The number of nitrogens with one attached hydrogen (secondary N) is 1. The van der Waals surface area contributed by atoms with E-state index in [1.807, 2.05) is 26.0 Å². The van der Waals surface area contributed by atoms with E-state index in [2.05, 4.69) is 46.4 Å². The third-order valence-electron chi connectivity index (χ3n) is 2.65. The molecule has 0 aliphatic rings. The summed E-state index contributed by atoms with van der Waals surface area (Å²) < 4.78 is 0. The molecule has 2 heterocycles. The fraction of sp³-hybridized carbons (Fsp3) is 0.200. The highest BCUT2D eigenvalue weighted by Crippen LogP contribution is 2.24. The number of rotatable bonds is 1. The van der Waals surface area contributed by atoms with Crippen LogP contribution in [0.15, 0.2) is 42.6 Å². The monoisotopic (exact) mass is 239 g/mol. The lowest BCUT2D eigenvalue weighted by atomic mass is 10.1. The molecule has 2 aromatic heterocycles. The lowest BCUT2D eigenvalue weighted by Gasteiger charge is -1.97. The second-order valence-electron chi connectivity index (χ2n) is 3.84. The van der Waals surface area contributed by atoms with Gasteiger partial charge in [0.25, 0.3) is 0 Å². The van der Waals surface area contributed by atoms with Crippen LogP contribution in [0.4, 0.5) is 0 Å². The van der Waals surface area contributed by atoms with Crippen LogP contribution in [-0.4, -0.2) is 15.2 Å². The Kier molecular flexibility index (Phi) is 3.72. The van der Waals surface area contributed by atoms with Gasteiger partial charge in [-0.1, -0.05) is 43.7 Å². The smallest absolute Gasteiger partial charge is 0.118 e. The van der Waals surface area contributed by atoms with E-state index in [1.54, 1.807) is 6.20 Å². The predicted molar refractivity (Wildman–Crippen MR) is 75.4 cm³/mol. The maximum atomic E-state index is 4.35. The summed E-state index contributed by atoms with van der Waals surface area (Å²) >= 11 is 0. The number of nitrogens with zero attached hydrogens (tertiary/aromatic N) is 2. The lowest BCUT2D eigenvalue weighted by Crippen LogP contribution is -1.81. The summed E-state index contributed by atoms with van der Waals surface area (Å²) in [5.41, 5.74) is 5.15. The van der Waals surface area contributed by atoms with Crippen LogP contribution in [0.3, 0.4) is 0 Å². The van der Waals surface area contributed by atoms with Crippen molar-refractivity contribution in [1.82, 2.24) is 15.2 Å². The van der Waals surface area contributed by atoms with Crippen molar-refractivity contribution in [2.45, 2.75) is 20.8 Å². The largest absolute Gasteiger partial charge is 0.276 e. The van der Waals surface area contributed by atoms with Crippen molar-refractivity contribution < 1.29 is 0 Å². The van der Waals surface area contributed by atoms with Gasteiger partial charge in [0.15, 0.2) is 0 Å². The summed E-state index contributed by atoms with van der Waals surface area (Å²) in [5.74, 6) is 0. The van der Waals surface area contributed by atoms with Gasteiger partial charge >= 0.3 is 0 Å². The molecule has 0 fully saturated rings. The summed E-state index contributed by atoms with van der Waals surface area (Å²) in [6.07, 6.45) is 1.79. The van der Waals surface area contributed by atoms with Gasteiger partial charge in [0, 0.05) is 11.8 Å². The normalized spacial score (nSPS) is 9.94. The summed E-state index contributed by atoms with van der Waals surface area (Å²) in [7, 11) is 0. The van der Waals surface area contributed by atoms with Crippen LogP contribution in [0.1, 0.15) is 19.4 Å². The molecule has 0 unspecified atom stereocenters. The first-order valence-corrected chi connectivity index (χ1v) is 6.21. The Bertz CT molecular complexity index is 624. The minimum absolute atomic E-state index is 0.913. The van der Waals surface area contributed by atoms with Crippen LogP contribution in [-0.2, 0) is 0 Å². The van der Waals surface area contributed by atoms with Gasteiger partial charge in [-0.3, -0.25) is 10.1 Å². The molecule has 1 N–H and O–H groups in total. The maximum absolute atomic E-state index is 4.35. The third kappa shape index (κ3) is 2.25. The molecule has 92 valence electrons. The van der Waals surface area contributed by atoms with Gasteiger partial charge in [-0.15, -0.1) is 0 Å². The molecule has 0 saturated heterocycles. The SMILES string of the molecule is CC.Cc1ccc(-c2n[nH]c3cccnc23)cc1. The quantitative estimate of drug-likeness (QED) is 0.698. The van der Waals surface area contributed by atoms with E-state index in [0.717, 1.165) is 22.3 Å². The molecule has 0 saturated carbocycles. The van der Waals surface area contributed by atoms with E-state index in [0.29, 0.717) is 0 Å². The van der Waals surface area contributed by atoms with E-state index in [9.17, 15) is 0 Å². The predicted octanol–water partition coefficient (Wildman–Crippen LogP) is 3.96. The standard InChI is InChI=1S/C13H11N3.C2H6/c1-9-4-6-10(7-5-9)12-13-11(15-16-12)3-2-8-14-13;1-2/h2-8H,1H3,(H,15,16);1-2H3. The highest BCUT2D eigenvalue weighted by molar-refractivity contribution is 5.89. The van der Waals surface area contributed by atoms with Gasteiger partial charge in [0.2, 0.25) is 0 Å². The first-order valence-electron chi connectivity index (χ1n) is 6.21. The molecule has 3 nitrogen and oxygen atoms in total. The number of hydrogen-bond acceptors (Lipinski definition) is 2. The summed E-state index contributed by atoms with van der Waals surface area (Å²) in [4.78, 5) is 4.35. The second kappa shape index (κ2) is 5.45. The number of H-pyrrole nitrogens is 1. The molecule has 0 aliphatic heterocycles. The van der Waals surface area contributed by atoms with Crippen LogP contribution >= 0.6 is 0 Å². The highest BCUT2D eigenvalue weighted by atomic mass is 15.1. The van der Waals surface area contributed by atoms with Gasteiger partial charge in [0.05, 0.1) is 5.52 Å². The van der Waals surface area contributed by atoms with Crippen molar-refractivity contribution in [2.24, 2.45) is 0 Å². The topological polar surface area (TPSA) is 41.6 Å². The number of aromatic amines is 1. The molecule has 0 bridgehead atoms. The molecule has 3 aromatic rings. The van der Waals surface area contributed by atoms with Crippen molar-refractivity contribution in [3.63, 3.8) is 0 Å². The molecule has 0 amide bonds. The van der Waals surface area contributed by atoms with E-state index < -0.39 is 0 Å². The average molecular weight is 239 g/mol. The van der Waals surface area contributed by atoms with E-state index >= 15 is 0 Å². The van der Waals surface area contributed by atoms with E-state index in [1.165, 1.54) is 5.56 Å². The summed E-state index contributed by atoms with van der Waals surface area (Å²) in [6.45, 7) is 6.07. The van der Waals surface area contributed by atoms with Crippen LogP contribution in [0.5, 0.6) is 0 Å². The van der Waals surface area contributed by atoms with Crippen LogP contribution in [0.25, 0.3) is 22.3 Å². The molecule has 3 heteroatoms. The number of pyridine rings is 1. The number of hydrogen-bond donors (Lipinski definition) is 1. The Labute approximate surface area is 107 Å². The van der Waals surface area contributed by atoms with Crippen molar-refractivity contribution >= 4 is 11.0 Å². The zero-order valence-electron chi connectivity index (χ0n) is 10.9. The van der Waals surface area contributed by atoms with Gasteiger partial charge in [-0.25, -0.2) is 0 Å². The van der Waals surface area contributed by atoms with Gasteiger partial charge in [-0.05, 0) is 19.1 Å². The van der Waals surface area contributed by atoms with Crippen molar-refractivity contribution in [3.05, 3.63) is 48.2 Å². The van der Waals surface area contributed by atoms with Crippen LogP contribution in [0.2, 0.25) is 0 Å². The number of aromatic nitrogens is 3. The highest BCUT2D eigenvalue weighted by Gasteiger charge is 2.07. The van der Waals surface area contributed by atoms with E-state index in [4.69, 9.17) is 0 Å². The molecular formula is C15H17N3. The molecule has 0 aliphatic carbocycles. The Morgan fingerprint density at radius 2 is 1.72 bits per heavy atom. The Morgan fingerprint density at radius 1 is 1.00 bits per heavy atom. The Hall–Kier alpha value is -2.16. The zero-order chi connectivity index (χ0) is 13.0. The third-order valence-corrected chi connectivity index (χ3v) is 2.65. The first-order chi connectivity index (χ1) is 8.84. The average Bonchev–Trinajstić information content (AvgIpc) is 2.86. The zero-order valence-corrected chi connectivity index (χ0v) is 10.9. The minimum Gasteiger partial charge on any atom is -0.276 e. The van der Waals surface area contributed by atoms with E-state index in [-0.39, 0.29) is 0 Å². The molecule has 1 aromatic carbocycles. The second-order valence-corrected chi connectivity index (χ2v) is 3.84. The number of aryl methyl sites for hydroxylation is 1. The number of fused-ring (bicyclic) bond motifs is 1. The van der Waals surface area contributed by atoms with Gasteiger partial charge in [-0.2, -0.15) is 5.10 Å². The minimum atomic E-state index is 0.913. The Balaban J connectivity index is 0.000000574. The molecule has 0 radical (unpaired) electrons. The van der Waals surface area contributed by atoms with Crippen molar-refractivity contribution in [2.75, 3.05) is 0 Å². The first kappa shape index (κ1) is 12.3. The molecule has 18 heavy (non-hydrogen) atoms. The summed E-state index contributed by atoms with van der Waals surface area (Å²) in [5, 5.41) is 7.30. The van der Waals surface area contributed by atoms with Crippen molar-refractivity contribution in [3.8, 4) is 11.3 Å². The van der Waals surface area contributed by atoms with Crippen molar-refractivity contribution in [1.29, 1.82) is 0 Å². The van der Waals surface area contributed by atoms with Crippen LogP contribution < -0.4 is 0 Å². The summed E-state index contributed by atoms with van der Waals surface area (Å²) in [6, 6.07) is 12.2. The molecular weight excluding hydrogens is 222 g/mol. The fourth-order valence-corrected chi connectivity index (χ4v) is 1.77. The van der Waals surface area contributed by atoms with Gasteiger partial charge in [0.1, 0.15) is 11.2 Å². The maximum Gasteiger partial charge on any atom is 0.118 e. The molecule has 0 spiro atoms. The Morgan fingerprint density at radius 3 is 2.44 bits per heavy atom. The fourth-order valence-electron chi connectivity index (χ4n) is 1.77. The molecule has 0 atom stereocenters.